The number of benzene rings is 2. The highest BCUT2D eigenvalue weighted by molar-refractivity contribution is 9.11. The van der Waals surface area contributed by atoms with Gasteiger partial charge >= 0.3 is 0 Å². The predicted molar refractivity (Wildman–Crippen MR) is 93.5 cm³/mol. The SMILES string of the molecule is CNC(Cc1c(F)cccc1Cl)c1cc(Br)c(C)cc1Br. The summed E-state index contributed by atoms with van der Waals surface area (Å²) in [5.41, 5.74) is 2.74. The lowest BCUT2D eigenvalue weighted by molar-refractivity contribution is 0.553. The van der Waals surface area contributed by atoms with Gasteiger partial charge < -0.3 is 5.32 Å². The molecule has 1 N–H and O–H groups in total. The van der Waals surface area contributed by atoms with Crippen molar-refractivity contribution in [2.75, 3.05) is 7.05 Å². The number of hydrogen-bond acceptors (Lipinski definition) is 1. The Bertz CT molecular complexity index is 641. The zero-order valence-electron chi connectivity index (χ0n) is 11.7. The van der Waals surface area contributed by atoms with Crippen molar-refractivity contribution in [3.63, 3.8) is 0 Å². The molecule has 1 atom stereocenters. The summed E-state index contributed by atoms with van der Waals surface area (Å²) in [6, 6.07) is 8.84. The Morgan fingerprint density at radius 2 is 1.95 bits per heavy atom. The van der Waals surface area contributed by atoms with Crippen LogP contribution in [0, 0.1) is 12.7 Å². The lowest BCUT2D eigenvalue weighted by Crippen LogP contribution is -2.20. The zero-order chi connectivity index (χ0) is 15.6. The van der Waals surface area contributed by atoms with Crippen LogP contribution in [0.2, 0.25) is 5.02 Å². The molecule has 5 heteroatoms. The van der Waals surface area contributed by atoms with Crippen LogP contribution in [-0.4, -0.2) is 7.05 Å². The van der Waals surface area contributed by atoms with Crippen molar-refractivity contribution < 1.29 is 4.39 Å². The van der Waals surface area contributed by atoms with E-state index < -0.39 is 0 Å². The second-order valence-corrected chi connectivity index (χ2v) is 6.98. The minimum Gasteiger partial charge on any atom is -0.313 e. The van der Waals surface area contributed by atoms with Crippen LogP contribution in [0.3, 0.4) is 0 Å². The molecule has 0 amide bonds. The molecule has 2 aromatic carbocycles. The molecular formula is C16H15Br2ClFN. The highest BCUT2D eigenvalue weighted by Crippen LogP contribution is 2.33. The first-order valence-corrected chi connectivity index (χ1v) is 8.46. The normalized spacial score (nSPS) is 12.5. The van der Waals surface area contributed by atoms with Gasteiger partial charge in [-0.15, -0.1) is 0 Å². The Balaban J connectivity index is 2.39. The largest absolute Gasteiger partial charge is 0.313 e. The zero-order valence-corrected chi connectivity index (χ0v) is 15.6. The molecule has 0 aromatic heterocycles. The van der Waals surface area contributed by atoms with Crippen molar-refractivity contribution in [1.29, 1.82) is 0 Å². The molecule has 0 aliphatic rings. The molecule has 0 bridgehead atoms. The summed E-state index contributed by atoms with van der Waals surface area (Å²) in [5, 5.41) is 3.69. The van der Waals surface area contributed by atoms with Gasteiger partial charge in [0.05, 0.1) is 0 Å². The molecule has 112 valence electrons. The van der Waals surface area contributed by atoms with E-state index in [1.54, 1.807) is 12.1 Å². The topological polar surface area (TPSA) is 12.0 Å². The van der Waals surface area contributed by atoms with Crippen LogP contribution in [-0.2, 0) is 6.42 Å². The Morgan fingerprint density at radius 1 is 1.24 bits per heavy atom. The van der Waals surface area contributed by atoms with Gasteiger partial charge in [0.2, 0.25) is 0 Å². The Labute approximate surface area is 146 Å². The van der Waals surface area contributed by atoms with Crippen molar-refractivity contribution >= 4 is 43.5 Å². The monoisotopic (exact) mass is 433 g/mol. The molecule has 1 unspecified atom stereocenters. The number of nitrogens with one attached hydrogen (secondary N) is 1. The summed E-state index contributed by atoms with van der Waals surface area (Å²) in [7, 11) is 1.86. The predicted octanol–water partition coefficient (Wildman–Crippen LogP) is 5.82. The van der Waals surface area contributed by atoms with E-state index in [0.717, 1.165) is 20.1 Å². The first kappa shape index (κ1) is 16.9. The van der Waals surface area contributed by atoms with E-state index in [1.165, 1.54) is 6.07 Å². The number of rotatable bonds is 4. The molecule has 2 rings (SSSR count). The summed E-state index contributed by atoms with van der Waals surface area (Å²) in [5.74, 6) is -0.273. The van der Waals surface area contributed by atoms with Crippen molar-refractivity contribution in [1.82, 2.24) is 5.32 Å². The fraction of sp³-hybridized carbons (Fsp3) is 0.250. The van der Waals surface area contributed by atoms with E-state index >= 15 is 0 Å². The van der Waals surface area contributed by atoms with Crippen LogP contribution in [0.1, 0.15) is 22.7 Å². The van der Waals surface area contributed by atoms with Crippen LogP contribution in [0.5, 0.6) is 0 Å². The van der Waals surface area contributed by atoms with Crippen LogP contribution in [0.4, 0.5) is 4.39 Å². The molecule has 0 saturated carbocycles. The minimum absolute atomic E-state index is 0.0364. The van der Waals surface area contributed by atoms with Gasteiger partial charge in [-0.2, -0.15) is 0 Å². The van der Waals surface area contributed by atoms with Crippen molar-refractivity contribution in [2.24, 2.45) is 0 Å². The van der Waals surface area contributed by atoms with E-state index in [1.807, 2.05) is 20.0 Å². The molecule has 0 saturated heterocycles. The lowest BCUT2D eigenvalue weighted by Gasteiger charge is -2.20. The first-order chi connectivity index (χ1) is 9.93. The van der Waals surface area contributed by atoms with Crippen LogP contribution >= 0.6 is 43.5 Å². The van der Waals surface area contributed by atoms with Gasteiger partial charge in [0, 0.05) is 25.6 Å². The van der Waals surface area contributed by atoms with E-state index in [0.29, 0.717) is 17.0 Å². The average molecular weight is 436 g/mol. The number of likely N-dealkylation sites (N-methyl/N-ethyl adjacent to an activating group) is 1. The summed E-state index contributed by atoms with van der Waals surface area (Å²) >= 11 is 13.3. The van der Waals surface area contributed by atoms with Crippen LogP contribution in [0.15, 0.2) is 39.3 Å². The van der Waals surface area contributed by atoms with E-state index in [-0.39, 0.29) is 11.9 Å². The quantitative estimate of drug-likeness (QED) is 0.639. The molecule has 0 aliphatic heterocycles. The summed E-state index contributed by atoms with van der Waals surface area (Å²) in [4.78, 5) is 0. The van der Waals surface area contributed by atoms with Gasteiger partial charge in [-0.05, 0) is 55.8 Å². The number of halogens is 4. The Hall–Kier alpha value is -0.420. The highest BCUT2D eigenvalue weighted by atomic mass is 79.9. The van der Waals surface area contributed by atoms with Crippen molar-refractivity contribution in [3.8, 4) is 0 Å². The van der Waals surface area contributed by atoms with Gasteiger partial charge in [-0.3, -0.25) is 0 Å². The highest BCUT2D eigenvalue weighted by Gasteiger charge is 2.18. The standard InChI is InChI=1S/C16H15Br2ClFN/c1-9-6-13(18)10(7-12(9)17)16(21-2)8-11-14(19)4-3-5-15(11)20/h3-7,16,21H,8H2,1-2H3. The van der Waals surface area contributed by atoms with Gasteiger partial charge in [0.1, 0.15) is 5.82 Å². The molecule has 0 spiro atoms. The molecule has 0 heterocycles. The average Bonchev–Trinajstić information content (AvgIpc) is 2.43. The number of aryl methyl sites for hydroxylation is 1. The summed E-state index contributed by atoms with van der Waals surface area (Å²) in [6.45, 7) is 2.03. The van der Waals surface area contributed by atoms with Crippen molar-refractivity contribution in [3.05, 3.63) is 66.8 Å². The van der Waals surface area contributed by atoms with Gasteiger partial charge in [-0.25, -0.2) is 4.39 Å². The van der Waals surface area contributed by atoms with E-state index in [4.69, 9.17) is 11.6 Å². The summed E-state index contributed by atoms with van der Waals surface area (Å²) < 4.78 is 16.0. The third-order valence-corrected chi connectivity index (χ3v) is 5.37. The fourth-order valence-corrected chi connectivity index (χ4v) is 3.56. The molecule has 21 heavy (non-hydrogen) atoms. The molecule has 1 nitrogen and oxygen atoms in total. The third kappa shape index (κ3) is 3.86. The summed E-state index contributed by atoms with van der Waals surface area (Å²) in [6.07, 6.45) is 0.482. The Kier molecular flexibility index (Phi) is 5.83. The molecule has 0 radical (unpaired) electrons. The second kappa shape index (κ2) is 7.23. The van der Waals surface area contributed by atoms with E-state index in [2.05, 4.69) is 43.2 Å². The Morgan fingerprint density at radius 3 is 2.57 bits per heavy atom. The first-order valence-electron chi connectivity index (χ1n) is 6.49. The van der Waals surface area contributed by atoms with E-state index in [9.17, 15) is 4.39 Å². The van der Waals surface area contributed by atoms with Crippen LogP contribution < -0.4 is 5.32 Å². The molecule has 2 aromatic rings. The maximum absolute atomic E-state index is 14.0. The third-order valence-electron chi connectivity index (χ3n) is 3.47. The maximum Gasteiger partial charge on any atom is 0.127 e. The van der Waals surface area contributed by atoms with Gasteiger partial charge in [-0.1, -0.05) is 49.5 Å². The smallest absolute Gasteiger partial charge is 0.127 e. The minimum atomic E-state index is -0.273. The maximum atomic E-state index is 14.0. The molecule has 0 aliphatic carbocycles. The number of hydrogen-bond donors (Lipinski definition) is 1. The van der Waals surface area contributed by atoms with Crippen molar-refractivity contribution in [2.45, 2.75) is 19.4 Å². The lowest BCUT2D eigenvalue weighted by atomic mass is 9.98. The second-order valence-electron chi connectivity index (χ2n) is 4.87. The molecular weight excluding hydrogens is 420 g/mol. The fourth-order valence-electron chi connectivity index (χ4n) is 2.23. The van der Waals surface area contributed by atoms with Gasteiger partial charge in [0.15, 0.2) is 0 Å². The van der Waals surface area contributed by atoms with Crippen LogP contribution in [0.25, 0.3) is 0 Å². The molecule has 0 fully saturated rings. The van der Waals surface area contributed by atoms with Gasteiger partial charge in [0.25, 0.3) is 0 Å².